The van der Waals surface area contributed by atoms with E-state index in [0.717, 1.165) is 0 Å². The number of nitrogens with one attached hydrogen (secondary N) is 1. The summed E-state index contributed by atoms with van der Waals surface area (Å²) in [6, 6.07) is -0.246. The van der Waals surface area contributed by atoms with E-state index < -0.39 is 57.4 Å². The van der Waals surface area contributed by atoms with Gasteiger partial charge in [-0.05, 0) is 24.1 Å². The predicted molar refractivity (Wildman–Crippen MR) is 163 cm³/mol. The number of aliphatic hydroxyl groups excluding tert-OH is 1. The Hall–Kier alpha value is -3.20. The lowest BCUT2D eigenvalue weighted by Crippen LogP contribution is -2.43. The van der Waals surface area contributed by atoms with Crippen molar-refractivity contribution < 1.29 is 42.5 Å². The molecule has 20 nitrogen and oxygen atoms in total. The monoisotopic (exact) mass is 710 g/mol. The zero-order valence-electron chi connectivity index (χ0n) is 24.1. The van der Waals surface area contributed by atoms with Crippen molar-refractivity contribution in [1.29, 1.82) is 0 Å². The Labute approximate surface area is 268 Å². The van der Waals surface area contributed by atoms with Crippen molar-refractivity contribution in [2.75, 3.05) is 31.9 Å². The van der Waals surface area contributed by atoms with Crippen molar-refractivity contribution in [1.82, 2.24) is 43.4 Å². The van der Waals surface area contributed by atoms with Gasteiger partial charge in [0.05, 0.1) is 32.5 Å². The van der Waals surface area contributed by atoms with Crippen LogP contribution in [0.25, 0.3) is 28.1 Å². The standard InChI is InChI=1S/C24H28N10O10P2S/c25-19-15-20(28-7-27-19)33(8-29-15)13-3-11-4-41-45(37,38)10-40-18-17(35)14(6-43-46(39,47)42-5-12(11)13)44-23(18)34-9-30-16-21(34)31-24-26-1-2-32(24)22(16)36/h1-2,7-9,11-14,17-18,23,35H,3-6,10H2,(H,26,31)(H,37,38)(H,39,47)(H2,25,27,28)/t11-,12-,13-,14-,17-,18-,23-,46?/m1/s1. The van der Waals surface area contributed by atoms with E-state index in [1.165, 1.54) is 34.0 Å². The van der Waals surface area contributed by atoms with E-state index in [9.17, 15) is 24.3 Å². The first kappa shape index (κ1) is 31.1. The highest BCUT2D eigenvalue weighted by Gasteiger charge is 2.49. The Kier molecular flexibility index (Phi) is 7.58. The van der Waals surface area contributed by atoms with Gasteiger partial charge in [0.15, 0.2) is 23.2 Å². The highest BCUT2D eigenvalue weighted by atomic mass is 32.5. The van der Waals surface area contributed by atoms with E-state index in [1.807, 2.05) is 4.57 Å². The molecule has 0 spiro atoms. The van der Waals surface area contributed by atoms with Crippen LogP contribution in [0.15, 0.2) is 36.2 Å². The van der Waals surface area contributed by atoms with Gasteiger partial charge < -0.3 is 53.2 Å². The maximum atomic E-state index is 13.2. The third-order valence-corrected chi connectivity index (χ3v) is 11.4. The maximum Gasteiger partial charge on any atom is 0.353 e. The van der Waals surface area contributed by atoms with E-state index in [0.29, 0.717) is 17.6 Å². The largest absolute Gasteiger partial charge is 0.387 e. The van der Waals surface area contributed by atoms with Gasteiger partial charge in [0, 0.05) is 24.4 Å². The molecule has 47 heavy (non-hydrogen) atoms. The first-order valence-electron chi connectivity index (χ1n) is 14.4. The zero-order valence-corrected chi connectivity index (χ0v) is 26.7. The number of imidazole rings is 3. The minimum absolute atomic E-state index is 0.0533. The van der Waals surface area contributed by atoms with E-state index in [4.69, 9.17) is 40.6 Å². The summed E-state index contributed by atoms with van der Waals surface area (Å²) in [7, 11) is -4.37. The molecule has 1 saturated carbocycles. The quantitative estimate of drug-likeness (QED) is 0.151. The van der Waals surface area contributed by atoms with E-state index in [1.54, 1.807) is 6.33 Å². The Bertz CT molecular complexity index is 2150. The number of hydrogen-bond donors (Lipinski definition) is 5. The number of nitrogens with zero attached hydrogens (tertiary/aromatic N) is 8. The third kappa shape index (κ3) is 5.41. The average molecular weight is 711 g/mol. The summed E-state index contributed by atoms with van der Waals surface area (Å²) in [5, 5.41) is 11.3. The summed E-state index contributed by atoms with van der Waals surface area (Å²) in [4.78, 5) is 58.6. The Balaban J connectivity index is 1.07. The Morgan fingerprint density at radius 2 is 1.81 bits per heavy atom. The number of ether oxygens (including phenoxy) is 2. The van der Waals surface area contributed by atoms with Crippen LogP contribution >= 0.6 is 14.3 Å². The molecule has 5 aromatic rings. The van der Waals surface area contributed by atoms with Gasteiger partial charge in [-0.15, -0.1) is 0 Å². The fourth-order valence-electron chi connectivity index (χ4n) is 6.34. The van der Waals surface area contributed by atoms with Crippen LogP contribution in [0, 0.1) is 11.8 Å². The number of nitrogens with two attached hydrogens (primary N) is 1. The van der Waals surface area contributed by atoms with Crippen LogP contribution in [0.5, 0.6) is 0 Å². The van der Waals surface area contributed by atoms with Crippen LogP contribution in [0.3, 0.4) is 0 Å². The molecule has 0 amide bonds. The molecule has 0 aromatic carbocycles. The summed E-state index contributed by atoms with van der Waals surface area (Å²) < 4.78 is 46.5. The van der Waals surface area contributed by atoms with Crippen LogP contribution in [-0.4, -0.2) is 103 Å². The molecule has 3 fully saturated rings. The van der Waals surface area contributed by atoms with Crippen molar-refractivity contribution >= 4 is 60.0 Å². The van der Waals surface area contributed by atoms with Gasteiger partial charge in [0.1, 0.15) is 42.2 Å². The van der Waals surface area contributed by atoms with Crippen molar-refractivity contribution in [3.05, 3.63) is 41.7 Å². The fraction of sp³-hybridized carbons (Fsp3) is 0.500. The number of aliphatic hydroxyl groups is 1. The zero-order chi connectivity index (χ0) is 32.7. The van der Waals surface area contributed by atoms with Crippen LogP contribution in [-0.2, 0) is 39.4 Å². The minimum Gasteiger partial charge on any atom is -0.387 e. The van der Waals surface area contributed by atoms with Crippen LogP contribution in [0.4, 0.5) is 5.82 Å². The number of rotatable bonds is 2. The van der Waals surface area contributed by atoms with Crippen molar-refractivity contribution in [3.63, 3.8) is 0 Å². The van der Waals surface area contributed by atoms with Crippen LogP contribution < -0.4 is 11.3 Å². The highest BCUT2D eigenvalue weighted by molar-refractivity contribution is 8.07. The van der Waals surface area contributed by atoms with Crippen molar-refractivity contribution in [3.8, 4) is 0 Å². The average Bonchev–Trinajstić information content (AvgIpc) is 3.81. The van der Waals surface area contributed by atoms with E-state index in [-0.39, 0.29) is 53.9 Å². The molecule has 2 unspecified atom stereocenters. The van der Waals surface area contributed by atoms with Crippen molar-refractivity contribution in [2.24, 2.45) is 11.8 Å². The Morgan fingerprint density at radius 3 is 2.66 bits per heavy atom. The summed E-state index contributed by atoms with van der Waals surface area (Å²) in [6.45, 7) is -4.53. The smallest absolute Gasteiger partial charge is 0.353 e. The molecule has 3 aliphatic rings. The summed E-state index contributed by atoms with van der Waals surface area (Å²) >= 11 is 5.29. The molecule has 6 N–H and O–H groups in total. The normalized spacial score (nSPS) is 35.4. The number of hydrogen-bond acceptors (Lipinski definition) is 15. The van der Waals surface area contributed by atoms with Gasteiger partial charge in [-0.25, -0.2) is 29.3 Å². The number of aromatic nitrogens is 9. The lowest BCUT2D eigenvalue weighted by molar-refractivity contribution is -0.0656. The molecule has 0 radical (unpaired) electrons. The second-order valence-electron chi connectivity index (χ2n) is 11.5. The second kappa shape index (κ2) is 11.5. The molecule has 7 heterocycles. The molecular formula is C24H28N10O10P2S. The minimum atomic E-state index is -4.37. The SMILES string of the molecule is Nc1ncnc2c1ncn2[C@@H]1C[C@@H]2COP(=O)(O)CO[C@@H]3[C@H](O)[C@@H](COP(O)(=S)OC[C@H]21)O[C@H]3n1cnc2c(=O)n3ccnc3[nH]c21. The summed E-state index contributed by atoms with van der Waals surface area (Å²) in [6.07, 6.45) is 1.83. The molecular weight excluding hydrogens is 682 g/mol. The summed E-state index contributed by atoms with van der Waals surface area (Å²) in [5.41, 5.74) is 6.69. The molecule has 2 aliphatic heterocycles. The molecule has 2 bridgehead atoms. The summed E-state index contributed by atoms with van der Waals surface area (Å²) in [5.74, 6) is -0.189. The molecule has 1 aliphatic carbocycles. The number of H-pyrrole nitrogens is 1. The predicted octanol–water partition coefficient (Wildman–Crippen LogP) is 0.0382. The molecule has 2 saturated heterocycles. The second-order valence-corrected chi connectivity index (χ2v) is 16.1. The first-order chi connectivity index (χ1) is 22.5. The van der Waals surface area contributed by atoms with Gasteiger partial charge in [-0.2, -0.15) is 0 Å². The fourth-order valence-corrected chi connectivity index (χ4v) is 8.33. The van der Waals surface area contributed by atoms with Crippen LogP contribution in [0.2, 0.25) is 0 Å². The lowest BCUT2D eigenvalue weighted by Gasteiger charge is -2.45. The molecule has 23 heteroatoms. The Morgan fingerprint density at radius 1 is 1.02 bits per heavy atom. The van der Waals surface area contributed by atoms with Crippen LogP contribution in [0.1, 0.15) is 18.7 Å². The van der Waals surface area contributed by atoms with E-state index in [2.05, 4.69) is 29.9 Å². The number of nitrogen functional groups attached to an aromatic ring is 1. The molecule has 8 rings (SSSR count). The number of fused-ring (bicyclic) bond motifs is 6. The number of anilines is 1. The van der Waals surface area contributed by atoms with Gasteiger partial charge in [-0.3, -0.25) is 13.9 Å². The van der Waals surface area contributed by atoms with E-state index >= 15 is 0 Å². The van der Waals surface area contributed by atoms with Gasteiger partial charge in [0.2, 0.25) is 5.78 Å². The first-order valence-corrected chi connectivity index (χ1v) is 18.7. The van der Waals surface area contributed by atoms with Gasteiger partial charge in [-0.1, -0.05) is 0 Å². The third-order valence-electron chi connectivity index (χ3n) is 8.81. The highest BCUT2D eigenvalue weighted by Crippen LogP contribution is 2.53. The topological polar surface area (TPSA) is 262 Å². The molecule has 9 atom stereocenters. The molecule has 5 aromatic heterocycles. The molecule has 250 valence electrons. The van der Waals surface area contributed by atoms with Crippen molar-refractivity contribution in [2.45, 2.75) is 37.0 Å². The number of aromatic amines is 1. The lowest BCUT2D eigenvalue weighted by atomic mass is 9.70. The maximum absolute atomic E-state index is 13.2. The van der Waals surface area contributed by atoms with Gasteiger partial charge >= 0.3 is 14.3 Å². The van der Waals surface area contributed by atoms with Gasteiger partial charge in [0.25, 0.3) is 5.56 Å².